The molecule has 0 spiro atoms. The highest BCUT2D eigenvalue weighted by Gasteiger charge is 2.05. The van der Waals surface area contributed by atoms with Gasteiger partial charge in [0.15, 0.2) is 0 Å². The summed E-state index contributed by atoms with van der Waals surface area (Å²) in [4.78, 5) is 13.5. The lowest BCUT2D eigenvalue weighted by Gasteiger charge is -2.11. The lowest BCUT2D eigenvalue weighted by atomic mass is 9.99. The smallest absolute Gasteiger partial charge is 0.234 e. The average Bonchev–Trinajstić information content (AvgIpc) is 2.30. The Kier molecular flexibility index (Phi) is 4.74. The molecule has 1 rings (SSSR count). The van der Waals surface area contributed by atoms with Crippen LogP contribution in [0.2, 0.25) is 0 Å². The molecule has 0 fully saturated rings. The van der Waals surface area contributed by atoms with Crippen LogP contribution >= 0.6 is 0 Å². The number of methoxy groups -OCH3 is 1. The minimum Gasteiger partial charge on any atom is -0.496 e. The predicted molar refractivity (Wildman–Crippen MR) is 63.8 cm³/mol. The molecule has 0 aliphatic carbocycles. The van der Waals surface area contributed by atoms with Crippen molar-refractivity contribution < 1.29 is 9.53 Å². The summed E-state index contributed by atoms with van der Waals surface area (Å²) in [5.41, 5.74) is 3.73. The Hall–Kier alpha value is -1.60. The molecule has 0 heterocycles. The third-order valence-electron chi connectivity index (χ3n) is 2.85. The largest absolute Gasteiger partial charge is 0.496 e. The van der Waals surface area contributed by atoms with E-state index < -0.39 is 0 Å². The van der Waals surface area contributed by atoms with Crippen LogP contribution in [0.3, 0.4) is 0 Å². The molecule has 0 saturated heterocycles. The van der Waals surface area contributed by atoms with Gasteiger partial charge in [-0.25, -0.2) is 9.79 Å². The molecule has 0 aromatic heterocycles. The summed E-state index contributed by atoms with van der Waals surface area (Å²) < 4.78 is 5.25. The fourth-order valence-corrected chi connectivity index (χ4v) is 1.74. The van der Waals surface area contributed by atoms with E-state index in [-0.39, 0.29) is 0 Å². The van der Waals surface area contributed by atoms with Crippen LogP contribution in [0, 0.1) is 13.8 Å². The molecule has 1 aromatic rings. The molecular formula is C13H17NO2. The fourth-order valence-electron chi connectivity index (χ4n) is 1.74. The van der Waals surface area contributed by atoms with Crippen molar-refractivity contribution in [2.75, 3.05) is 13.7 Å². The second kappa shape index (κ2) is 6.09. The summed E-state index contributed by atoms with van der Waals surface area (Å²) in [7, 11) is 1.68. The minimum atomic E-state index is 0.550. The highest BCUT2D eigenvalue weighted by molar-refractivity contribution is 5.43. The van der Waals surface area contributed by atoms with Crippen LogP contribution in [0.5, 0.6) is 5.75 Å². The molecule has 3 nitrogen and oxygen atoms in total. The van der Waals surface area contributed by atoms with Gasteiger partial charge in [0.2, 0.25) is 6.08 Å². The second-order valence-corrected chi connectivity index (χ2v) is 3.75. The third kappa shape index (κ3) is 2.94. The van der Waals surface area contributed by atoms with Crippen molar-refractivity contribution in [3.8, 4) is 5.75 Å². The monoisotopic (exact) mass is 219 g/mol. The number of isocyanates is 1. The van der Waals surface area contributed by atoms with E-state index >= 15 is 0 Å². The van der Waals surface area contributed by atoms with E-state index in [4.69, 9.17) is 4.74 Å². The quantitative estimate of drug-likeness (QED) is 0.433. The van der Waals surface area contributed by atoms with Gasteiger partial charge in [-0.2, -0.15) is 0 Å². The molecule has 1 aromatic carbocycles. The van der Waals surface area contributed by atoms with E-state index in [1.54, 1.807) is 13.2 Å². The number of ether oxygens (including phenoxy) is 1. The molecule has 0 radical (unpaired) electrons. The van der Waals surface area contributed by atoms with Crippen molar-refractivity contribution in [2.45, 2.75) is 26.7 Å². The van der Waals surface area contributed by atoms with Crippen LogP contribution in [0.15, 0.2) is 17.1 Å². The highest BCUT2D eigenvalue weighted by atomic mass is 16.5. The van der Waals surface area contributed by atoms with E-state index in [0.717, 1.165) is 18.6 Å². The molecule has 86 valence electrons. The molecule has 3 heteroatoms. The lowest BCUT2D eigenvalue weighted by Crippen LogP contribution is -1.97. The Balaban J connectivity index is 2.74. The molecule has 0 N–H and O–H groups in total. The second-order valence-electron chi connectivity index (χ2n) is 3.75. The van der Waals surface area contributed by atoms with Gasteiger partial charge in [0.05, 0.1) is 13.7 Å². The number of aryl methyl sites for hydroxylation is 1. The molecule has 0 aliphatic heterocycles. The van der Waals surface area contributed by atoms with Crippen molar-refractivity contribution >= 4 is 6.08 Å². The van der Waals surface area contributed by atoms with Gasteiger partial charge in [-0.3, -0.25) is 0 Å². The van der Waals surface area contributed by atoms with Crippen LogP contribution < -0.4 is 4.74 Å². The van der Waals surface area contributed by atoms with Crippen LogP contribution in [0.25, 0.3) is 0 Å². The highest BCUT2D eigenvalue weighted by Crippen LogP contribution is 2.24. The Morgan fingerprint density at radius 2 is 2.06 bits per heavy atom. The number of aliphatic imine (C=N–C) groups is 1. The fraction of sp³-hybridized carbons (Fsp3) is 0.462. The van der Waals surface area contributed by atoms with E-state index in [1.807, 2.05) is 6.07 Å². The Morgan fingerprint density at radius 3 is 2.69 bits per heavy atom. The first-order valence-corrected chi connectivity index (χ1v) is 5.37. The van der Waals surface area contributed by atoms with E-state index in [0.29, 0.717) is 6.54 Å². The number of rotatable bonds is 5. The summed E-state index contributed by atoms with van der Waals surface area (Å²) >= 11 is 0. The number of nitrogens with zero attached hydrogens (tertiary/aromatic N) is 1. The topological polar surface area (TPSA) is 38.7 Å². The molecule has 0 unspecified atom stereocenters. The molecule has 0 saturated carbocycles. The number of hydrogen-bond acceptors (Lipinski definition) is 3. The van der Waals surface area contributed by atoms with Gasteiger partial charge >= 0.3 is 0 Å². The zero-order chi connectivity index (χ0) is 12.0. The van der Waals surface area contributed by atoms with Crippen LogP contribution in [-0.4, -0.2) is 19.7 Å². The molecule has 16 heavy (non-hydrogen) atoms. The summed E-state index contributed by atoms with van der Waals surface area (Å²) in [6.45, 7) is 4.70. The van der Waals surface area contributed by atoms with Gasteiger partial charge < -0.3 is 4.74 Å². The maximum absolute atomic E-state index is 9.91. The van der Waals surface area contributed by atoms with Gasteiger partial charge in [0.1, 0.15) is 5.75 Å². The van der Waals surface area contributed by atoms with Gasteiger partial charge in [-0.05, 0) is 49.4 Å². The van der Waals surface area contributed by atoms with Crippen LogP contribution in [0.1, 0.15) is 23.1 Å². The molecular weight excluding hydrogens is 202 g/mol. The minimum absolute atomic E-state index is 0.550. The normalized spacial score (nSPS) is 9.69. The van der Waals surface area contributed by atoms with Gasteiger partial charge in [-0.15, -0.1) is 0 Å². The summed E-state index contributed by atoms with van der Waals surface area (Å²) in [6, 6.07) is 4.06. The van der Waals surface area contributed by atoms with Gasteiger partial charge in [0.25, 0.3) is 0 Å². The van der Waals surface area contributed by atoms with E-state index in [9.17, 15) is 4.79 Å². The summed E-state index contributed by atoms with van der Waals surface area (Å²) in [6.07, 6.45) is 3.36. The van der Waals surface area contributed by atoms with Crippen LogP contribution in [-0.2, 0) is 11.2 Å². The molecule has 0 aliphatic rings. The first-order chi connectivity index (χ1) is 7.70. The van der Waals surface area contributed by atoms with Gasteiger partial charge in [-0.1, -0.05) is 6.07 Å². The van der Waals surface area contributed by atoms with E-state index in [2.05, 4.69) is 24.9 Å². The van der Waals surface area contributed by atoms with Crippen molar-refractivity contribution in [1.29, 1.82) is 0 Å². The number of benzene rings is 1. The zero-order valence-corrected chi connectivity index (χ0v) is 10.0. The van der Waals surface area contributed by atoms with Crippen molar-refractivity contribution in [1.82, 2.24) is 0 Å². The van der Waals surface area contributed by atoms with Crippen molar-refractivity contribution in [3.05, 3.63) is 28.8 Å². The number of hydrogen-bond donors (Lipinski definition) is 0. The zero-order valence-electron chi connectivity index (χ0n) is 10.0. The Bertz CT molecular complexity index is 407. The standard InChI is InChI=1S/C13H17NO2/c1-10-11(2)13(16-3)7-6-12(10)5-4-8-14-9-15/h6-7H,4-5,8H2,1-3H3. The summed E-state index contributed by atoms with van der Waals surface area (Å²) in [5.74, 6) is 0.923. The average molecular weight is 219 g/mol. The first kappa shape index (κ1) is 12.5. The number of carbonyl (C=O) groups excluding carboxylic acids is 1. The maximum atomic E-state index is 9.91. The first-order valence-electron chi connectivity index (χ1n) is 5.37. The van der Waals surface area contributed by atoms with Gasteiger partial charge in [0, 0.05) is 0 Å². The maximum Gasteiger partial charge on any atom is 0.234 e. The molecule has 0 amide bonds. The van der Waals surface area contributed by atoms with E-state index in [1.165, 1.54) is 16.7 Å². The van der Waals surface area contributed by atoms with Crippen LogP contribution in [0.4, 0.5) is 0 Å². The Morgan fingerprint density at radius 1 is 1.31 bits per heavy atom. The SMILES string of the molecule is COc1ccc(CCCN=C=O)c(C)c1C. The Labute approximate surface area is 96.2 Å². The molecule has 0 bridgehead atoms. The lowest BCUT2D eigenvalue weighted by molar-refractivity contribution is 0.411. The van der Waals surface area contributed by atoms with Crippen molar-refractivity contribution in [3.63, 3.8) is 0 Å². The summed E-state index contributed by atoms with van der Waals surface area (Å²) in [5, 5.41) is 0. The van der Waals surface area contributed by atoms with Crippen molar-refractivity contribution in [2.24, 2.45) is 4.99 Å². The molecule has 0 atom stereocenters. The predicted octanol–water partition coefficient (Wildman–Crippen LogP) is 2.58. The third-order valence-corrected chi connectivity index (χ3v) is 2.85.